The largest absolute Gasteiger partial charge is 0.759 e. The zero-order valence-corrected chi connectivity index (χ0v) is 18.1. The van der Waals surface area contributed by atoms with Crippen LogP contribution in [0.1, 0.15) is 12.5 Å². The average Bonchev–Trinajstić information content (AvgIpc) is 2.67. The number of carbonyl (C=O) groups is 1. The van der Waals surface area contributed by atoms with Crippen molar-refractivity contribution in [2.45, 2.75) is 23.6 Å². The predicted molar refractivity (Wildman–Crippen MR) is 109 cm³/mol. The number of hydrogen-bond donors (Lipinski definition) is 1. The maximum absolute atomic E-state index is 11.5. The van der Waals surface area contributed by atoms with Gasteiger partial charge in [-0.1, -0.05) is 29.5 Å². The molecule has 0 unspecified atom stereocenters. The van der Waals surface area contributed by atoms with E-state index in [0.29, 0.717) is 18.0 Å². The lowest BCUT2D eigenvalue weighted by Gasteiger charge is -2.10. The molecule has 2 aromatic carbocycles. The van der Waals surface area contributed by atoms with Gasteiger partial charge in [0.2, 0.25) is 5.39 Å². The summed E-state index contributed by atoms with van der Waals surface area (Å²) in [5, 5.41) is 12.2. The van der Waals surface area contributed by atoms with Gasteiger partial charge in [-0.25, -0.2) is 0 Å². The molecule has 162 valence electrons. The molecule has 0 saturated carbocycles. The van der Waals surface area contributed by atoms with E-state index in [-0.39, 0.29) is 18.2 Å². The lowest BCUT2D eigenvalue weighted by atomic mass is 10.2. The molecule has 0 heterocycles. The minimum atomic E-state index is -5.17. The standard InChI is InChI=1S/C18H20N3O3S.H2O4S/c1-4-24-18(22)11-20-14-10-17(16(23-3)9-15(14)21-19)25-13-7-5-12(2)6-8-13;1-5(2,3)4/h5-10,20H,4,11H2,1-3H3;(H2,1,2,3,4)/q+1;/p-2. The summed E-state index contributed by atoms with van der Waals surface area (Å²) in [7, 11) is -3.61. The van der Waals surface area contributed by atoms with Crippen molar-refractivity contribution < 1.29 is 31.8 Å². The van der Waals surface area contributed by atoms with Crippen molar-refractivity contribution in [3.05, 3.63) is 46.9 Å². The summed E-state index contributed by atoms with van der Waals surface area (Å²) in [6.07, 6.45) is 0. The molecule has 0 spiro atoms. The number of rotatable bonds is 7. The van der Waals surface area contributed by atoms with Gasteiger partial charge in [0, 0.05) is 15.3 Å². The summed E-state index contributed by atoms with van der Waals surface area (Å²) in [5.41, 5.74) is 1.99. The normalized spacial score (nSPS) is 10.3. The monoisotopic (exact) mass is 454 g/mol. The first kappa shape index (κ1) is 25.2. The summed E-state index contributed by atoms with van der Waals surface area (Å²) in [4.78, 5) is 16.7. The van der Waals surface area contributed by atoms with Crippen LogP contribution >= 0.6 is 11.8 Å². The topological polar surface area (TPSA) is 156 Å². The quantitative estimate of drug-likeness (QED) is 0.285. The maximum atomic E-state index is 11.5. The van der Waals surface area contributed by atoms with Crippen LogP contribution in [-0.2, 0) is 19.9 Å². The van der Waals surface area contributed by atoms with Crippen LogP contribution in [0.3, 0.4) is 0 Å². The van der Waals surface area contributed by atoms with Crippen LogP contribution in [0, 0.1) is 12.3 Å². The second kappa shape index (κ2) is 12.0. The van der Waals surface area contributed by atoms with E-state index in [9.17, 15) is 10.2 Å². The summed E-state index contributed by atoms with van der Waals surface area (Å²) in [5.74, 6) is 0.204. The molecule has 0 aromatic heterocycles. The van der Waals surface area contributed by atoms with E-state index in [2.05, 4.69) is 10.3 Å². The first-order valence-corrected chi connectivity index (χ1v) is 10.6. The number of ether oxygens (including phenoxy) is 2. The number of esters is 1. The highest BCUT2D eigenvalue weighted by Gasteiger charge is 2.20. The minimum absolute atomic E-state index is 0.0165. The van der Waals surface area contributed by atoms with Gasteiger partial charge in [-0.3, -0.25) is 13.2 Å². The van der Waals surface area contributed by atoms with Crippen molar-refractivity contribution in [1.29, 1.82) is 5.39 Å². The van der Waals surface area contributed by atoms with Crippen LogP contribution in [0.2, 0.25) is 0 Å². The van der Waals surface area contributed by atoms with Crippen molar-refractivity contribution in [2.24, 2.45) is 0 Å². The van der Waals surface area contributed by atoms with Crippen molar-refractivity contribution in [2.75, 3.05) is 25.6 Å². The number of benzene rings is 2. The molecule has 10 nitrogen and oxygen atoms in total. The zero-order valence-electron chi connectivity index (χ0n) is 16.4. The fourth-order valence-electron chi connectivity index (χ4n) is 2.13. The fraction of sp³-hybridized carbons (Fsp3) is 0.278. The Morgan fingerprint density at radius 2 is 1.83 bits per heavy atom. The molecule has 0 radical (unpaired) electrons. The zero-order chi connectivity index (χ0) is 22.7. The van der Waals surface area contributed by atoms with Crippen LogP contribution in [0.15, 0.2) is 46.2 Å². The Hall–Kier alpha value is -2.85. The molecule has 0 atom stereocenters. The molecule has 0 amide bonds. The number of carbonyl (C=O) groups excluding carboxylic acids is 1. The average molecular weight is 455 g/mol. The van der Waals surface area contributed by atoms with Crippen LogP contribution in [0.4, 0.5) is 11.4 Å². The van der Waals surface area contributed by atoms with Gasteiger partial charge < -0.3 is 23.9 Å². The predicted octanol–water partition coefficient (Wildman–Crippen LogP) is 3.28. The summed E-state index contributed by atoms with van der Waals surface area (Å²) in [6.45, 7) is 4.08. The summed E-state index contributed by atoms with van der Waals surface area (Å²) >= 11 is 1.52. The fourth-order valence-corrected chi connectivity index (χ4v) is 3.07. The number of anilines is 1. The molecular formula is C18H20N3O7S2-. The van der Waals surface area contributed by atoms with E-state index >= 15 is 0 Å². The molecule has 0 bridgehead atoms. The third-order valence-electron chi connectivity index (χ3n) is 3.37. The Balaban J connectivity index is 0.000000804. The lowest BCUT2D eigenvalue weighted by molar-refractivity contribution is -0.140. The van der Waals surface area contributed by atoms with Crippen molar-refractivity contribution in [3.63, 3.8) is 0 Å². The Labute approximate surface area is 178 Å². The molecule has 0 aliphatic heterocycles. The van der Waals surface area contributed by atoms with Gasteiger partial charge in [0.05, 0.1) is 24.7 Å². The maximum Gasteiger partial charge on any atom is 0.411 e. The van der Waals surface area contributed by atoms with Crippen LogP contribution in [-0.4, -0.2) is 43.8 Å². The van der Waals surface area contributed by atoms with Gasteiger partial charge in [-0.15, -0.1) is 0 Å². The molecule has 30 heavy (non-hydrogen) atoms. The van der Waals surface area contributed by atoms with E-state index in [1.807, 2.05) is 31.2 Å². The van der Waals surface area contributed by atoms with Crippen LogP contribution < -0.4 is 10.1 Å². The van der Waals surface area contributed by atoms with E-state index in [0.717, 1.165) is 9.79 Å². The lowest BCUT2D eigenvalue weighted by Crippen LogP contribution is -2.16. The van der Waals surface area contributed by atoms with Crippen molar-refractivity contribution >= 4 is 39.5 Å². The molecule has 2 aromatic rings. The SMILES string of the molecule is CCOC(=O)CNc1cc(Sc2ccc(C)cc2)c(OC)cc1[N+]#N.O=S(=O)([O-])[O-]. The Bertz CT molecular complexity index is 996. The highest BCUT2D eigenvalue weighted by atomic mass is 32.3. The molecule has 1 N–H and O–H groups in total. The van der Waals surface area contributed by atoms with E-state index in [1.54, 1.807) is 26.2 Å². The second-order valence-corrected chi connectivity index (χ2v) is 7.53. The number of nitrogens with zero attached hydrogens (tertiary/aromatic N) is 2. The van der Waals surface area contributed by atoms with Crippen molar-refractivity contribution in [3.8, 4) is 5.75 Å². The Morgan fingerprint density at radius 3 is 2.33 bits per heavy atom. The second-order valence-electron chi connectivity index (χ2n) is 5.60. The Morgan fingerprint density at radius 1 is 1.23 bits per heavy atom. The third kappa shape index (κ3) is 9.57. The van der Waals surface area contributed by atoms with Gasteiger partial charge in [0.15, 0.2) is 4.98 Å². The van der Waals surface area contributed by atoms with E-state index in [1.165, 1.54) is 17.3 Å². The van der Waals surface area contributed by atoms with Gasteiger partial charge in [-0.05, 0) is 32.0 Å². The highest BCUT2D eigenvalue weighted by molar-refractivity contribution is 7.99. The number of methoxy groups -OCH3 is 1. The molecule has 0 aliphatic rings. The number of hydrogen-bond acceptors (Lipinski definition) is 10. The molecule has 12 heteroatoms. The van der Waals surface area contributed by atoms with Gasteiger partial charge in [-0.2, -0.15) is 0 Å². The number of aryl methyl sites for hydroxylation is 1. The minimum Gasteiger partial charge on any atom is -0.759 e. The molecule has 0 fully saturated rings. The van der Waals surface area contributed by atoms with Gasteiger partial charge >= 0.3 is 11.7 Å². The Kier molecular flexibility index (Phi) is 10.1. The molecule has 0 aliphatic carbocycles. The molecular weight excluding hydrogens is 434 g/mol. The number of nitrogens with one attached hydrogen (secondary N) is 1. The van der Waals surface area contributed by atoms with Crippen LogP contribution in [0.5, 0.6) is 5.75 Å². The summed E-state index contributed by atoms with van der Waals surface area (Å²) < 4.78 is 44.4. The molecule has 0 saturated heterocycles. The van der Waals surface area contributed by atoms with E-state index in [4.69, 9.17) is 27.0 Å². The third-order valence-corrected chi connectivity index (χ3v) is 4.41. The first-order chi connectivity index (χ1) is 14.1. The first-order valence-electron chi connectivity index (χ1n) is 8.45. The van der Waals surface area contributed by atoms with Crippen molar-refractivity contribution in [1.82, 2.24) is 0 Å². The summed E-state index contributed by atoms with van der Waals surface area (Å²) in [6, 6.07) is 11.5. The number of diazo groups is 1. The molecule has 2 rings (SSSR count). The van der Waals surface area contributed by atoms with Gasteiger partial charge in [0.1, 0.15) is 18.0 Å². The van der Waals surface area contributed by atoms with Gasteiger partial charge in [0.25, 0.3) is 0 Å². The van der Waals surface area contributed by atoms with E-state index < -0.39 is 10.4 Å². The van der Waals surface area contributed by atoms with Crippen LogP contribution in [0.25, 0.3) is 4.98 Å². The highest BCUT2D eigenvalue weighted by Crippen LogP contribution is 2.41. The smallest absolute Gasteiger partial charge is 0.411 e.